The standard InChI is InChI=1S/C14H20ClNO2S/c15-12-13-4-6-14(7-5-13)19(17,18)11-10-16-8-2-1-3-9-16/h4-7H,1-3,8-12H2. The van der Waals surface area contributed by atoms with E-state index in [0.717, 1.165) is 18.7 Å². The molecule has 1 aromatic rings. The second kappa shape index (κ2) is 6.73. The topological polar surface area (TPSA) is 37.4 Å². The van der Waals surface area contributed by atoms with Gasteiger partial charge in [-0.05, 0) is 43.6 Å². The molecule has 1 heterocycles. The normalized spacial score (nSPS) is 17.5. The summed E-state index contributed by atoms with van der Waals surface area (Å²) in [6.07, 6.45) is 3.64. The van der Waals surface area contributed by atoms with Gasteiger partial charge in [0.1, 0.15) is 0 Å². The molecule has 0 saturated carbocycles. The van der Waals surface area contributed by atoms with E-state index < -0.39 is 9.84 Å². The quantitative estimate of drug-likeness (QED) is 0.785. The molecule has 0 spiro atoms. The summed E-state index contributed by atoms with van der Waals surface area (Å²) in [5.74, 6) is 0.612. The zero-order chi connectivity index (χ0) is 13.7. The van der Waals surface area contributed by atoms with Crippen molar-refractivity contribution in [1.29, 1.82) is 0 Å². The van der Waals surface area contributed by atoms with Crippen molar-refractivity contribution in [3.63, 3.8) is 0 Å². The molecule has 0 amide bonds. The fraction of sp³-hybridized carbons (Fsp3) is 0.571. The molecule has 0 bridgehead atoms. The first-order chi connectivity index (χ1) is 9.12. The third-order valence-corrected chi connectivity index (χ3v) is 5.58. The summed E-state index contributed by atoms with van der Waals surface area (Å²) in [5, 5.41) is 0. The van der Waals surface area contributed by atoms with E-state index >= 15 is 0 Å². The second-order valence-electron chi connectivity index (χ2n) is 5.00. The zero-order valence-electron chi connectivity index (χ0n) is 11.0. The summed E-state index contributed by atoms with van der Waals surface area (Å²) < 4.78 is 24.4. The molecule has 0 aliphatic carbocycles. The Morgan fingerprint density at radius 1 is 1.05 bits per heavy atom. The third-order valence-electron chi connectivity index (χ3n) is 3.56. The van der Waals surface area contributed by atoms with E-state index in [4.69, 9.17) is 11.6 Å². The highest BCUT2D eigenvalue weighted by Gasteiger charge is 2.17. The first-order valence-corrected chi connectivity index (χ1v) is 8.90. The molecule has 0 atom stereocenters. The number of hydrogen-bond donors (Lipinski definition) is 0. The molecule has 2 rings (SSSR count). The Kier molecular flexibility index (Phi) is 5.25. The zero-order valence-corrected chi connectivity index (χ0v) is 12.6. The number of likely N-dealkylation sites (tertiary alicyclic amines) is 1. The Bertz CT molecular complexity index is 493. The Morgan fingerprint density at radius 3 is 2.26 bits per heavy atom. The number of hydrogen-bond acceptors (Lipinski definition) is 3. The molecule has 1 saturated heterocycles. The molecule has 0 N–H and O–H groups in total. The van der Waals surface area contributed by atoms with Gasteiger partial charge >= 0.3 is 0 Å². The van der Waals surface area contributed by atoms with Crippen LogP contribution in [0.15, 0.2) is 29.2 Å². The minimum Gasteiger partial charge on any atom is -0.302 e. The predicted octanol–water partition coefficient (Wildman–Crippen LogP) is 2.69. The van der Waals surface area contributed by atoms with Crippen molar-refractivity contribution < 1.29 is 8.42 Å². The number of benzene rings is 1. The van der Waals surface area contributed by atoms with Crippen molar-refractivity contribution >= 4 is 21.4 Å². The van der Waals surface area contributed by atoms with Gasteiger partial charge in [-0.1, -0.05) is 18.6 Å². The molecule has 106 valence electrons. The first kappa shape index (κ1) is 14.8. The van der Waals surface area contributed by atoms with Crippen molar-refractivity contribution in [2.75, 3.05) is 25.4 Å². The number of rotatable bonds is 5. The smallest absolute Gasteiger partial charge is 0.179 e. The summed E-state index contributed by atoms with van der Waals surface area (Å²) in [4.78, 5) is 2.65. The molecular formula is C14H20ClNO2S. The molecule has 1 aliphatic rings. The predicted molar refractivity (Wildman–Crippen MR) is 78.3 cm³/mol. The largest absolute Gasteiger partial charge is 0.302 e. The van der Waals surface area contributed by atoms with Crippen molar-refractivity contribution in [3.8, 4) is 0 Å². The van der Waals surface area contributed by atoms with E-state index in [0.29, 0.717) is 17.3 Å². The minimum atomic E-state index is -3.17. The van der Waals surface area contributed by atoms with Crippen LogP contribution in [0.2, 0.25) is 0 Å². The molecule has 1 aliphatic heterocycles. The minimum absolute atomic E-state index is 0.202. The molecule has 1 fully saturated rings. The van der Waals surface area contributed by atoms with Gasteiger partial charge in [-0.15, -0.1) is 11.6 Å². The van der Waals surface area contributed by atoms with E-state index in [1.165, 1.54) is 19.3 Å². The number of piperidine rings is 1. The molecule has 3 nitrogen and oxygen atoms in total. The van der Waals surface area contributed by atoms with Crippen LogP contribution in [0.1, 0.15) is 24.8 Å². The van der Waals surface area contributed by atoms with Gasteiger partial charge in [-0.3, -0.25) is 0 Å². The monoisotopic (exact) mass is 301 g/mol. The van der Waals surface area contributed by atoms with Crippen LogP contribution in [0.5, 0.6) is 0 Å². The SMILES string of the molecule is O=S(=O)(CCN1CCCCC1)c1ccc(CCl)cc1. The molecule has 5 heteroatoms. The van der Waals surface area contributed by atoms with E-state index in [-0.39, 0.29) is 5.75 Å². The number of halogens is 1. The average Bonchev–Trinajstić information content (AvgIpc) is 2.46. The molecule has 0 unspecified atom stereocenters. The fourth-order valence-electron chi connectivity index (χ4n) is 2.34. The molecule has 0 aromatic heterocycles. The van der Waals surface area contributed by atoms with Crippen molar-refractivity contribution in [2.45, 2.75) is 30.0 Å². The fourth-order valence-corrected chi connectivity index (χ4v) is 3.80. The lowest BCUT2D eigenvalue weighted by Crippen LogP contribution is -2.33. The summed E-state index contributed by atoms with van der Waals surface area (Å²) in [5.41, 5.74) is 0.941. The van der Waals surface area contributed by atoms with Gasteiger partial charge in [-0.25, -0.2) is 8.42 Å². The third kappa shape index (κ3) is 4.20. The van der Waals surface area contributed by atoms with Crippen LogP contribution in [-0.4, -0.2) is 38.7 Å². The molecular weight excluding hydrogens is 282 g/mol. The highest BCUT2D eigenvalue weighted by atomic mass is 35.5. The number of nitrogens with zero attached hydrogens (tertiary/aromatic N) is 1. The Labute approximate surface area is 120 Å². The van der Waals surface area contributed by atoms with Crippen LogP contribution < -0.4 is 0 Å². The van der Waals surface area contributed by atoms with Crippen LogP contribution in [0, 0.1) is 0 Å². The maximum Gasteiger partial charge on any atom is 0.179 e. The van der Waals surface area contributed by atoms with E-state index in [1.807, 2.05) is 0 Å². The second-order valence-corrected chi connectivity index (χ2v) is 7.38. The van der Waals surface area contributed by atoms with Gasteiger partial charge < -0.3 is 4.90 Å². The summed E-state index contributed by atoms with van der Waals surface area (Å²) in [6.45, 7) is 2.70. The molecule has 0 radical (unpaired) electrons. The average molecular weight is 302 g/mol. The summed E-state index contributed by atoms with van der Waals surface area (Å²) in [6, 6.07) is 6.87. The van der Waals surface area contributed by atoms with E-state index in [9.17, 15) is 8.42 Å². The highest BCUT2D eigenvalue weighted by molar-refractivity contribution is 7.91. The van der Waals surface area contributed by atoms with Gasteiger partial charge in [0.2, 0.25) is 0 Å². The Balaban J connectivity index is 1.96. The van der Waals surface area contributed by atoms with Crippen molar-refractivity contribution in [1.82, 2.24) is 4.90 Å². The van der Waals surface area contributed by atoms with Crippen molar-refractivity contribution in [2.24, 2.45) is 0 Å². The van der Waals surface area contributed by atoms with Crippen LogP contribution in [0.25, 0.3) is 0 Å². The van der Waals surface area contributed by atoms with Crippen LogP contribution >= 0.6 is 11.6 Å². The van der Waals surface area contributed by atoms with Crippen LogP contribution in [0.4, 0.5) is 0 Å². The molecule has 1 aromatic carbocycles. The van der Waals surface area contributed by atoms with Gasteiger partial charge in [0.25, 0.3) is 0 Å². The van der Waals surface area contributed by atoms with Crippen LogP contribution in [0.3, 0.4) is 0 Å². The maximum atomic E-state index is 12.2. The van der Waals surface area contributed by atoms with Gasteiger partial charge in [-0.2, -0.15) is 0 Å². The number of alkyl halides is 1. The molecule has 19 heavy (non-hydrogen) atoms. The lowest BCUT2D eigenvalue weighted by atomic mass is 10.1. The lowest BCUT2D eigenvalue weighted by molar-refractivity contribution is 0.241. The summed E-state index contributed by atoms with van der Waals surface area (Å²) >= 11 is 5.70. The lowest BCUT2D eigenvalue weighted by Gasteiger charge is -2.26. The van der Waals surface area contributed by atoms with E-state index in [1.54, 1.807) is 24.3 Å². The number of sulfone groups is 1. The van der Waals surface area contributed by atoms with Gasteiger partial charge in [0, 0.05) is 12.4 Å². The van der Waals surface area contributed by atoms with Crippen molar-refractivity contribution in [3.05, 3.63) is 29.8 Å². The van der Waals surface area contributed by atoms with E-state index in [2.05, 4.69) is 4.90 Å². The Hall–Kier alpha value is -0.580. The Morgan fingerprint density at radius 2 is 1.68 bits per heavy atom. The maximum absolute atomic E-state index is 12.2. The van der Waals surface area contributed by atoms with Gasteiger partial charge in [0.05, 0.1) is 10.6 Å². The first-order valence-electron chi connectivity index (χ1n) is 6.72. The summed E-state index contributed by atoms with van der Waals surface area (Å²) in [7, 11) is -3.17. The van der Waals surface area contributed by atoms with Crippen LogP contribution in [-0.2, 0) is 15.7 Å². The van der Waals surface area contributed by atoms with Gasteiger partial charge in [0.15, 0.2) is 9.84 Å². The highest BCUT2D eigenvalue weighted by Crippen LogP contribution is 2.15.